The van der Waals surface area contributed by atoms with Crippen molar-refractivity contribution >= 4 is 15.8 Å². The van der Waals surface area contributed by atoms with Gasteiger partial charge in [0.1, 0.15) is 10.7 Å². The molecule has 1 aromatic carbocycles. The van der Waals surface area contributed by atoms with E-state index in [0.29, 0.717) is 25.3 Å². The van der Waals surface area contributed by atoms with Crippen molar-refractivity contribution in [1.82, 2.24) is 9.71 Å². The Morgan fingerprint density at radius 1 is 1.26 bits per heavy atom. The summed E-state index contributed by atoms with van der Waals surface area (Å²) in [5, 5.41) is 10.3. The summed E-state index contributed by atoms with van der Waals surface area (Å²) in [5.41, 5.74) is 2.01. The first-order chi connectivity index (χ1) is 11.0. The van der Waals surface area contributed by atoms with Gasteiger partial charge in [0.25, 0.3) is 0 Å². The van der Waals surface area contributed by atoms with Crippen LogP contribution in [-0.4, -0.2) is 32.1 Å². The molecule has 6 nitrogen and oxygen atoms in total. The minimum Gasteiger partial charge on any atom is -0.388 e. The van der Waals surface area contributed by atoms with E-state index >= 15 is 0 Å². The lowest BCUT2D eigenvalue weighted by atomic mass is 10.0. The lowest BCUT2D eigenvalue weighted by molar-refractivity contribution is 0.171. The predicted molar refractivity (Wildman–Crippen MR) is 87.6 cm³/mol. The number of anilines is 1. The first-order valence-electron chi connectivity index (χ1n) is 7.41. The summed E-state index contributed by atoms with van der Waals surface area (Å²) in [6.07, 6.45) is 1.48. The smallest absolute Gasteiger partial charge is 0.241 e. The fourth-order valence-electron chi connectivity index (χ4n) is 2.75. The third-order valence-corrected chi connectivity index (χ3v) is 5.47. The number of sulfonamides is 1. The number of hydrogen-bond acceptors (Lipinski definition) is 5. The van der Waals surface area contributed by atoms with Gasteiger partial charge in [-0.2, -0.15) is 0 Å². The van der Waals surface area contributed by atoms with Crippen molar-refractivity contribution in [2.75, 3.05) is 18.5 Å². The first-order valence-corrected chi connectivity index (χ1v) is 8.90. The monoisotopic (exact) mass is 333 g/mol. The molecule has 1 atom stereocenters. The van der Waals surface area contributed by atoms with E-state index in [4.69, 9.17) is 0 Å². The van der Waals surface area contributed by atoms with Crippen LogP contribution in [0, 0.1) is 0 Å². The Kier molecular flexibility index (Phi) is 4.34. The van der Waals surface area contributed by atoms with Crippen molar-refractivity contribution in [3.8, 4) is 0 Å². The third-order valence-electron chi connectivity index (χ3n) is 4.07. The lowest BCUT2D eigenvalue weighted by Crippen LogP contribution is -2.24. The van der Waals surface area contributed by atoms with E-state index < -0.39 is 16.1 Å². The summed E-state index contributed by atoms with van der Waals surface area (Å²) in [6.45, 7) is 1.29. The average Bonchev–Trinajstić information content (AvgIpc) is 2.75. The molecule has 0 fully saturated rings. The van der Waals surface area contributed by atoms with Crippen molar-refractivity contribution < 1.29 is 13.5 Å². The second-order valence-corrected chi connectivity index (χ2v) is 7.37. The number of aliphatic hydroxyl groups is 1. The number of nitrogens with zero attached hydrogens (tertiary/aromatic N) is 2. The molecule has 2 N–H and O–H groups in total. The fraction of sp³-hybridized carbons (Fsp3) is 0.312. The molecule has 1 unspecified atom stereocenters. The fourth-order valence-corrected chi connectivity index (χ4v) is 3.43. The second kappa shape index (κ2) is 6.27. The Morgan fingerprint density at radius 3 is 2.74 bits per heavy atom. The summed E-state index contributed by atoms with van der Waals surface area (Å²) in [5.74, 6) is 0.698. The number of benzene rings is 1. The van der Waals surface area contributed by atoms with Gasteiger partial charge in [0, 0.05) is 19.3 Å². The molecular weight excluding hydrogens is 314 g/mol. The highest BCUT2D eigenvalue weighted by Crippen LogP contribution is 2.28. The van der Waals surface area contributed by atoms with Crippen LogP contribution in [0.1, 0.15) is 23.7 Å². The highest BCUT2D eigenvalue weighted by molar-refractivity contribution is 7.89. The van der Waals surface area contributed by atoms with Gasteiger partial charge in [-0.05, 0) is 36.7 Å². The number of rotatable bonds is 3. The van der Waals surface area contributed by atoms with Gasteiger partial charge in [0.15, 0.2) is 0 Å². The summed E-state index contributed by atoms with van der Waals surface area (Å²) >= 11 is 0. The van der Waals surface area contributed by atoms with Crippen LogP contribution in [0.4, 0.5) is 5.82 Å². The van der Waals surface area contributed by atoms with Gasteiger partial charge in [-0.15, -0.1) is 0 Å². The predicted octanol–water partition coefficient (Wildman–Crippen LogP) is 1.43. The van der Waals surface area contributed by atoms with Gasteiger partial charge in [-0.3, -0.25) is 0 Å². The van der Waals surface area contributed by atoms with E-state index in [1.807, 2.05) is 29.2 Å². The maximum Gasteiger partial charge on any atom is 0.241 e. The summed E-state index contributed by atoms with van der Waals surface area (Å²) in [7, 11) is -2.11. The van der Waals surface area contributed by atoms with E-state index in [-0.39, 0.29) is 4.90 Å². The number of hydrogen-bond donors (Lipinski definition) is 2. The Hall–Kier alpha value is -1.96. The maximum absolute atomic E-state index is 11.8. The second-order valence-electron chi connectivity index (χ2n) is 5.48. The molecule has 0 saturated heterocycles. The van der Waals surface area contributed by atoms with Gasteiger partial charge in [0.05, 0.1) is 6.10 Å². The summed E-state index contributed by atoms with van der Waals surface area (Å²) in [6, 6.07) is 11.1. The number of aromatic nitrogens is 1. The van der Waals surface area contributed by atoms with Crippen molar-refractivity contribution in [1.29, 1.82) is 0 Å². The highest BCUT2D eigenvalue weighted by atomic mass is 32.2. The molecule has 0 aliphatic carbocycles. The molecule has 0 saturated carbocycles. The van der Waals surface area contributed by atoms with E-state index in [0.717, 1.165) is 11.1 Å². The van der Waals surface area contributed by atoms with Crippen LogP contribution in [0.3, 0.4) is 0 Å². The molecule has 0 amide bonds. The number of nitrogens with one attached hydrogen (secondary N) is 1. The van der Waals surface area contributed by atoms with Gasteiger partial charge in [0.2, 0.25) is 10.0 Å². The van der Waals surface area contributed by atoms with Gasteiger partial charge in [-0.25, -0.2) is 18.1 Å². The molecular formula is C16H19N3O3S. The number of fused-ring (bicyclic) bond motifs is 1. The normalized spacial score (nSPS) is 18.3. The molecule has 7 heteroatoms. The molecule has 0 bridgehead atoms. The summed E-state index contributed by atoms with van der Waals surface area (Å²) in [4.78, 5) is 6.47. The van der Waals surface area contributed by atoms with Crippen molar-refractivity contribution in [3.63, 3.8) is 0 Å². The average molecular weight is 333 g/mol. The van der Waals surface area contributed by atoms with E-state index in [9.17, 15) is 13.5 Å². The molecule has 1 aliphatic heterocycles. The van der Waals surface area contributed by atoms with Crippen LogP contribution in [0.5, 0.6) is 0 Å². The molecule has 23 heavy (non-hydrogen) atoms. The topological polar surface area (TPSA) is 82.5 Å². The standard InChI is InChI=1S/C16H19N3O3S/c1-17-23(21,22)13-6-7-16(18-10-13)19-9-8-15(20)14-5-3-2-4-12(14)11-19/h2-7,10,15,17,20H,8-9,11H2,1H3. The van der Waals surface area contributed by atoms with Gasteiger partial charge in [-0.1, -0.05) is 24.3 Å². The van der Waals surface area contributed by atoms with Crippen LogP contribution in [0.25, 0.3) is 0 Å². The van der Waals surface area contributed by atoms with Crippen LogP contribution < -0.4 is 9.62 Å². The van der Waals surface area contributed by atoms with E-state index in [1.165, 1.54) is 13.2 Å². The molecule has 0 radical (unpaired) electrons. The zero-order valence-electron chi connectivity index (χ0n) is 12.8. The number of pyridine rings is 1. The van der Waals surface area contributed by atoms with Crippen LogP contribution in [0.15, 0.2) is 47.5 Å². The zero-order valence-corrected chi connectivity index (χ0v) is 13.6. The quantitative estimate of drug-likeness (QED) is 0.888. The number of aliphatic hydroxyl groups excluding tert-OH is 1. The van der Waals surface area contributed by atoms with E-state index in [1.54, 1.807) is 12.1 Å². The van der Waals surface area contributed by atoms with Crippen LogP contribution >= 0.6 is 0 Å². The molecule has 1 aliphatic rings. The third kappa shape index (κ3) is 3.21. The maximum atomic E-state index is 11.8. The molecule has 1 aromatic heterocycles. The van der Waals surface area contributed by atoms with Gasteiger partial charge < -0.3 is 10.0 Å². The van der Waals surface area contributed by atoms with Crippen molar-refractivity contribution in [2.24, 2.45) is 0 Å². The lowest BCUT2D eigenvalue weighted by Gasteiger charge is -2.22. The van der Waals surface area contributed by atoms with Crippen LogP contribution in [0.2, 0.25) is 0 Å². The zero-order chi connectivity index (χ0) is 16.4. The summed E-state index contributed by atoms with van der Waals surface area (Å²) < 4.78 is 25.8. The minimum absolute atomic E-state index is 0.138. The van der Waals surface area contributed by atoms with Crippen molar-refractivity contribution in [3.05, 3.63) is 53.7 Å². The Bertz CT molecular complexity index is 790. The highest BCUT2D eigenvalue weighted by Gasteiger charge is 2.21. The van der Waals surface area contributed by atoms with Gasteiger partial charge >= 0.3 is 0 Å². The molecule has 122 valence electrons. The molecule has 2 aromatic rings. The minimum atomic E-state index is -3.48. The Labute approximate surface area is 135 Å². The SMILES string of the molecule is CNS(=O)(=O)c1ccc(N2CCC(O)c3ccccc3C2)nc1. The van der Waals surface area contributed by atoms with E-state index in [2.05, 4.69) is 9.71 Å². The van der Waals surface area contributed by atoms with Crippen molar-refractivity contribution in [2.45, 2.75) is 24.0 Å². The van der Waals surface area contributed by atoms with Crippen LogP contribution in [-0.2, 0) is 16.6 Å². The first kappa shape index (κ1) is 15.9. The Morgan fingerprint density at radius 2 is 2.04 bits per heavy atom. The molecule has 2 heterocycles. The largest absolute Gasteiger partial charge is 0.388 e. The molecule has 0 spiro atoms. The molecule has 3 rings (SSSR count). The Balaban J connectivity index is 1.88.